The van der Waals surface area contributed by atoms with E-state index in [1.54, 1.807) is 41.6 Å². The van der Waals surface area contributed by atoms with Crippen molar-refractivity contribution in [2.45, 2.75) is 24.5 Å². The van der Waals surface area contributed by atoms with E-state index in [4.69, 9.17) is 23.4 Å². The maximum Gasteiger partial charge on any atom is 0.510 e. The number of amides is 2. The molecule has 0 bridgehead atoms. The van der Waals surface area contributed by atoms with Crippen LogP contribution in [-0.2, 0) is 31.1 Å². The Balaban J connectivity index is 1.29. The number of rotatable bonds is 9. The van der Waals surface area contributed by atoms with E-state index < -0.39 is 36.8 Å². The Labute approximate surface area is 229 Å². The predicted molar refractivity (Wildman–Crippen MR) is 138 cm³/mol. The van der Waals surface area contributed by atoms with E-state index in [1.807, 2.05) is 25.1 Å². The van der Waals surface area contributed by atoms with E-state index in [2.05, 4.69) is 10.3 Å². The molecule has 1 aromatic carbocycles. The van der Waals surface area contributed by atoms with Crippen LogP contribution in [0.3, 0.4) is 0 Å². The molecule has 13 heteroatoms. The number of epoxide rings is 1. The van der Waals surface area contributed by atoms with Gasteiger partial charge in [-0.2, -0.15) is 0 Å². The first-order valence-corrected chi connectivity index (χ1v) is 12.8. The third kappa shape index (κ3) is 4.61. The van der Waals surface area contributed by atoms with Crippen LogP contribution >= 0.6 is 0 Å². The summed E-state index contributed by atoms with van der Waals surface area (Å²) in [6, 6.07) is 8.74. The van der Waals surface area contributed by atoms with Gasteiger partial charge in [0.15, 0.2) is 24.7 Å². The van der Waals surface area contributed by atoms with Gasteiger partial charge in [-0.25, -0.2) is 4.79 Å². The lowest BCUT2D eigenvalue weighted by Crippen LogP contribution is -2.66. The molecule has 6 rings (SSSR count). The zero-order valence-corrected chi connectivity index (χ0v) is 22.3. The summed E-state index contributed by atoms with van der Waals surface area (Å²) in [5.74, 6) is 0.136. The lowest BCUT2D eigenvalue weighted by Gasteiger charge is -2.40. The van der Waals surface area contributed by atoms with Gasteiger partial charge in [0.1, 0.15) is 23.7 Å². The number of furan rings is 1. The Hall–Kier alpha value is -4.20. The molecule has 3 aliphatic heterocycles. The maximum absolute atomic E-state index is 14.3. The number of hydrogen-bond acceptors (Lipinski definition) is 11. The predicted octanol–water partition coefficient (Wildman–Crippen LogP) is 1.47. The van der Waals surface area contributed by atoms with Crippen LogP contribution in [0.1, 0.15) is 21.7 Å². The van der Waals surface area contributed by atoms with Gasteiger partial charge >= 0.3 is 6.16 Å². The number of pyridine rings is 1. The summed E-state index contributed by atoms with van der Waals surface area (Å²) in [6.07, 6.45) is 1.13. The van der Waals surface area contributed by atoms with Gasteiger partial charge in [0, 0.05) is 36.4 Å². The summed E-state index contributed by atoms with van der Waals surface area (Å²) in [7, 11) is 5.24. The summed E-state index contributed by atoms with van der Waals surface area (Å²) in [4.78, 5) is 48.8. The number of carbonyl (C=O) groups is 3. The molecule has 40 heavy (non-hydrogen) atoms. The summed E-state index contributed by atoms with van der Waals surface area (Å²) in [6.45, 7) is 0.504. The zero-order valence-electron chi connectivity index (χ0n) is 22.3. The third-order valence-electron chi connectivity index (χ3n) is 7.23. The van der Waals surface area contributed by atoms with Crippen molar-refractivity contribution < 1.29 is 37.7 Å². The average Bonchev–Trinajstić information content (AvgIpc) is 3.44. The number of carbonyl (C=O) groups excluding carboxylic acids is 3. The van der Waals surface area contributed by atoms with E-state index in [9.17, 15) is 14.4 Å². The van der Waals surface area contributed by atoms with Gasteiger partial charge in [-0.3, -0.25) is 24.8 Å². The Morgan fingerprint density at radius 1 is 1.23 bits per heavy atom. The van der Waals surface area contributed by atoms with Crippen molar-refractivity contribution in [2.24, 2.45) is 0 Å². The molecule has 3 aliphatic rings. The fraction of sp³-hybridized carbons (Fsp3) is 0.407. The third-order valence-corrected chi connectivity index (χ3v) is 7.23. The molecule has 0 spiro atoms. The number of methoxy groups -OCH3 is 1. The van der Waals surface area contributed by atoms with Crippen LogP contribution < -0.4 is 10.1 Å². The van der Waals surface area contributed by atoms with Gasteiger partial charge in [0.2, 0.25) is 0 Å². The quantitative estimate of drug-likeness (QED) is 0.306. The van der Waals surface area contributed by atoms with Gasteiger partial charge in [-0.15, -0.1) is 0 Å². The molecule has 1 N–H and O–H groups in total. The summed E-state index contributed by atoms with van der Waals surface area (Å²) in [5, 5.41) is 3.96. The highest BCUT2D eigenvalue weighted by Crippen LogP contribution is 2.41. The Morgan fingerprint density at radius 2 is 2.08 bits per heavy atom. The zero-order chi connectivity index (χ0) is 28.0. The molecule has 0 aliphatic carbocycles. The molecule has 2 unspecified atom stereocenters. The normalized spacial score (nSPS) is 23.4. The van der Waals surface area contributed by atoms with E-state index in [0.29, 0.717) is 35.4 Å². The number of benzene rings is 1. The molecule has 2 fully saturated rings. The molecule has 0 radical (unpaired) electrons. The molecule has 2 saturated heterocycles. The largest absolute Gasteiger partial charge is 0.510 e. The standard InChI is InChI=1S/C27H29N5O8/c1-30(2)8-9-37-26(35)38-15-32-24-22(40-24)29-27(25(32)34,21-10-17-12-28-7-6-20(17)39-21)14-31-13-16-4-5-18(36-3)11-19(16)23(31)33/h4-7,10-12,22,24,29H,8-9,13-15H2,1-3H3/t22?,24?,27-/m0/s1. The molecular weight excluding hydrogens is 522 g/mol. The van der Waals surface area contributed by atoms with Crippen molar-refractivity contribution >= 4 is 28.9 Å². The molecule has 13 nitrogen and oxygen atoms in total. The van der Waals surface area contributed by atoms with Crippen LogP contribution in [0.5, 0.6) is 5.75 Å². The fourth-order valence-corrected chi connectivity index (χ4v) is 5.06. The second-order valence-corrected chi connectivity index (χ2v) is 10.2. The summed E-state index contributed by atoms with van der Waals surface area (Å²) in [5.41, 5.74) is 0.328. The van der Waals surface area contributed by atoms with Crippen LogP contribution in [0.25, 0.3) is 11.0 Å². The smallest absolute Gasteiger partial charge is 0.497 e. The van der Waals surface area contributed by atoms with Crippen molar-refractivity contribution in [2.75, 3.05) is 47.6 Å². The van der Waals surface area contributed by atoms with Crippen LogP contribution in [0.2, 0.25) is 0 Å². The van der Waals surface area contributed by atoms with E-state index in [0.717, 1.165) is 5.56 Å². The van der Waals surface area contributed by atoms with Crippen LogP contribution in [0.4, 0.5) is 4.79 Å². The number of hydrogen-bond donors (Lipinski definition) is 1. The van der Waals surface area contributed by atoms with Crippen molar-refractivity contribution in [1.82, 2.24) is 25.0 Å². The number of nitrogens with one attached hydrogen (secondary N) is 1. The Bertz CT molecular complexity index is 1440. The molecule has 2 amide bonds. The summed E-state index contributed by atoms with van der Waals surface area (Å²) < 4.78 is 27.5. The highest BCUT2D eigenvalue weighted by molar-refractivity contribution is 6.00. The number of fused-ring (bicyclic) bond motifs is 3. The average molecular weight is 552 g/mol. The van der Waals surface area contributed by atoms with Crippen molar-refractivity contribution in [1.29, 1.82) is 0 Å². The van der Waals surface area contributed by atoms with E-state index in [1.165, 1.54) is 12.0 Å². The van der Waals surface area contributed by atoms with Crippen molar-refractivity contribution in [3.8, 4) is 5.75 Å². The minimum absolute atomic E-state index is 0.0642. The second kappa shape index (κ2) is 10.1. The van der Waals surface area contributed by atoms with Crippen molar-refractivity contribution in [3.63, 3.8) is 0 Å². The summed E-state index contributed by atoms with van der Waals surface area (Å²) >= 11 is 0. The first-order chi connectivity index (χ1) is 19.3. The van der Waals surface area contributed by atoms with Gasteiger partial charge in [-0.05, 0) is 43.9 Å². The molecule has 3 aromatic rings. The Kier molecular flexibility index (Phi) is 6.56. The number of aromatic nitrogens is 1. The highest BCUT2D eigenvalue weighted by Gasteiger charge is 2.63. The molecule has 3 atom stereocenters. The van der Waals surface area contributed by atoms with Gasteiger partial charge in [0.05, 0.1) is 13.7 Å². The first-order valence-electron chi connectivity index (χ1n) is 12.8. The first kappa shape index (κ1) is 26.0. The number of nitrogens with zero attached hydrogens (tertiary/aromatic N) is 4. The Morgan fingerprint density at radius 3 is 2.85 bits per heavy atom. The second-order valence-electron chi connectivity index (χ2n) is 10.2. The topological polar surface area (TPSA) is 139 Å². The molecular formula is C27H29N5O8. The lowest BCUT2D eigenvalue weighted by atomic mass is 9.91. The van der Waals surface area contributed by atoms with E-state index >= 15 is 0 Å². The minimum Gasteiger partial charge on any atom is -0.497 e. The molecule has 210 valence electrons. The highest BCUT2D eigenvalue weighted by atomic mass is 16.7. The fourth-order valence-electron chi connectivity index (χ4n) is 5.06. The van der Waals surface area contributed by atoms with Crippen LogP contribution in [0, 0.1) is 0 Å². The molecule has 2 aromatic heterocycles. The number of likely N-dealkylation sites (N-methyl/N-ethyl adjacent to an activating group) is 1. The van der Waals surface area contributed by atoms with Crippen LogP contribution in [-0.4, -0.2) is 97.7 Å². The molecule has 0 saturated carbocycles. The van der Waals surface area contributed by atoms with Crippen molar-refractivity contribution in [3.05, 3.63) is 59.6 Å². The maximum atomic E-state index is 14.3. The molecule has 5 heterocycles. The lowest BCUT2D eigenvalue weighted by molar-refractivity contribution is -0.150. The van der Waals surface area contributed by atoms with E-state index in [-0.39, 0.29) is 24.8 Å². The minimum atomic E-state index is -1.53. The number of ether oxygens (including phenoxy) is 4. The van der Waals surface area contributed by atoms with Crippen LogP contribution in [0.15, 0.2) is 47.1 Å². The van der Waals surface area contributed by atoms with Gasteiger partial charge < -0.3 is 33.2 Å². The SMILES string of the molecule is COc1ccc2c(c1)C(=O)N(C[C@@]1(c3cc4cnccc4o3)NC3OC3N(COC(=O)OCCN(C)C)C1=O)C2. The monoisotopic (exact) mass is 551 g/mol. The van der Waals surface area contributed by atoms with Gasteiger partial charge in [-0.1, -0.05) is 6.07 Å². The number of piperazine rings is 1. The van der Waals surface area contributed by atoms with Gasteiger partial charge in [0.25, 0.3) is 11.8 Å².